The van der Waals surface area contributed by atoms with Crippen molar-refractivity contribution in [2.24, 2.45) is 4.99 Å². The molecular formula is C7H11N3O. The normalized spacial score (nSPS) is 15.1. The summed E-state index contributed by atoms with van der Waals surface area (Å²) in [5.41, 5.74) is 3.65. The fraction of sp³-hybridized carbons (Fsp3) is 0.286. The number of nitrogens with zero attached hydrogens (tertiary/aromatic N) is 1. The van der Waals surface area contributed by atoms with E-state index in [9.17, 15) is 0 Å². The molecule has 2 N–H and O–H groups in total. The van der Waals surface area contributed by atoms with E-state index in [0.29, 0.717) is 13.2 Å². The molecule has 0 spiro atoms. The summed E-state index contributed by atoms with van der Waals surface area (Å²) in [5, 5.41) is 2.84. The summed E-state index contributed by atoms with van der Waals surface area (Å²) in [4.78, 5) is 8.94. The number of hydroxylamine groups is 1. The van der Waals surface area contributed by atoms with Crippen LogP contribution in [0.5, 0.6) is 0 Å². The lowest BCUT2D eigenvalue weighted by molar-refractivity contribution is 0.0849. The van der Waals surface area contributed by atoms with Gasteiger partial charge in [-0.25, -0.2) is 0 Å². The summed E-state index contributed by atoms with van der Waals surface area (Å²) in [7, 11) is 0. The maximum absolute atomic E-state index is 4.97. The van der Waals surface area contributed by atoms with Crippen molar-refractivity contribution >= 4 is 6.34 Å². The minimum Gasteiger partial charge on any atom is -0.351 e. The molecule has 0 aromatic heterocycles. The molecule has 0 bridgehead atoms. The third kappa shape index (κ3) is 2.86. The molecule has 0 aliphatic carbocycles. The first-order valence-corrected chi connectivity index (χ1v) is 3.35. The highest BCUT2D eigenvalue weighted by Crippen LogP contribution is 1.91. The zero-order valence-electron chi connectivity index (χ0n) is 6.21. The highest BCUT2D eigenvalue weighted by Gasteiger charge is 1.96. The Morgan fingerprint density at radius 2 is 2.82 bits per heavy atom. The van der Waals surface area contributed by atoms with Crippen molar-refractivity contribution in [2.75, 3.05) is 13.2 Å². The van der Waals surface area contributed by atoms with Crippen molar-refractivity contribution in [1.29, 1.82) is 0 Å². The Labute approximate surface area is 65.6 Å². The smallest absolute Gasteiger partial charge is 0.0924 e. The van der Waals surface area contributed by atoms with Crippen molar-refractivity contribution in [3.63, 3.8) is 0 Å². The van der Waals surface area contributed by atoms with Crippen LogP contribution in [0.2, 0.25) is 0 Å². The number of aliphatic imine (C=N–C) groups is 1. The molecule has 4 heteroatoms. The van der Waals surface area contributed by atoms with Crippen LogP contribution in [-0.4, -0.2) is 19.5 Å². The fourth-order valence-corrected chi connectivity index (χ4v) is 0.635. The van der Waals surface area contributed by atoms with Gasteiger partial charge in [0.05, 0.1) is 25.2 Å². The van der Waals surface area contributed by atoms with Crippen LogP contribution in [0.15, 0.2) is 29.5 Å². The molecule has 0 aromatic carbocycles. The lowest BCUT2D eigenvalue weighted by Crippen LogP contribution is -2.22. The minimum absolute atomic E-state index is 0.487. The monoisotopic (exact) mass is 153 g/mol. The Balaban J connectivity index is 2.15. The van der Waals surface area contributed by atoms with Crippen molar-refractivity contribution < 1.29 is 4.84 Å². The number of hydrogen-bond donors (Lipinski definition) is 2. The molecule has 11 heavy (non-hydrogen) atoms. The van der Waals surface area contributed by atoms with Crippen molar-refractivity contribution in [1.82, 2.24) is 10.8 Å². The van der Waals surface area contributed by atoms with Crippen LogP contribution >= 0.6 is 0 Å². The summed E-state index contributed by atoms with van der Waals surface area (Å²) in [6.07, 6.45) is 5.11. The molecule has 1 aliphatic rings. The van der Waals surface area contributed by atoms with Gasteiger partial charge in [0, 0.05) is 6.20 Å². The second-order valence-electron chi connectivity index (χ2n) is 2.01. The Morgan fingerprint density at radius 1 is 1.91 bits per heavy atom. The molecule has 1 heterocycles. The molecule has 0 aromatic rings. The lowest BCUT2D eigenvalue weighted by Gasteiger charge is -2.10. The molecule has 0 radical (unpaired) electrons. The maximum atomic E-state index is 4.97. The van der Waals surface area contributed by atoms with Crippen LogP contribution in [-0.2, 0) is 4.84 Å². The van der Waals surface area contributed by atoms with Gasteiger partial charge in [-0.15, -0.1) is 6.58 Å². The van der Waals surface area contributed by atoms with Gasteiger partial charge in [0.2, 0.25) is 0 Å². The van der Waals surface area contributed by atoms with Gasteiger partial charge in [0.1, 0.15) is 0 Å². The van der Waals surface area contributed by atoms with Gasteiger partial charge < -0.3 is 5.32 Å². The highest BCUT2D eigenvalue weighted by molar-refractivity contribution is 5.57. The molecule has 4 nitrogen and oxygen atoms in total. The predicted octanol–water partition coefficient (Wildman–Crippen LogP) is 0.166. The van der Waals surface area contributed by atoms with E-state index in [2.05, 4.69) is 22.4 Å². The topological polar surface area (TPSA) is 45.6 Å². The zero-order chi connectivity index (χ0) is 7.94. The molecule has 1 rings (SSSR count). The van der Waals surface area contributed by atoms with Crippen LogP contribution in [0.25, 0.3) is 0 Å². The van der Waals surface area contributed by atoms with Gasteiger partial charge in [-0.3, -0.25) is 15.3 Å². The van der Waals surface area contributed by atoms with Crippen molar-refractivity contribution in [3.05, 3.63) is 24.6 Å². The summed E-state index contributed by atoms with van der Waals surface area (Å²) < 4.78 is 0. The van der Waals surface area contributed by atoms with Crippen LogP contribution in [0.4, 0.5) is 0 Å². The minimum atomic E-state index is 0.487. The highest BCUT2D eigenvalue weighted by atomic mass is 16.6. The Hall–Kier alpha value is -1.29. The molecular weight excluding hydrogens is 142 g/mol. The summed E-state index contributed by atoms with van der Waals surface area (Å²) >= 11 is 0. The average molecular weight is 153 g/mol. The first kappa shape index (κ1) is 7.81. The first-order valence-electron chi connectivity index (χ1n) is 3.35. The third-order valence-electron chi connectivity index (χ3n) is 1.09. The molecule has 0 atom stereocenters. The maximum Gasteiger partial charge on any atom is 0.0924 e. The molecule has 0 amide bonds. The summed E-state index contributed by atoms with van der Waals surface area (Å²) in [6, 6.07) is 0. The van der Waals surface area contributed by atoms with Gasteiger partial charge >= 0.3 is 0 Å². The zero-order valence-corrected chi connectivity index (χ0v) is 6.21. The average Bonchev–Trinajstić information content (AvgIpc) is 2.07. The van der Waals surface area contributed by atoms with E-state index < -0.39 is 0 Å². The van der Waals surface area contributed by atoms with Gasteiger partial charge in [0.25, 0.3) is 0 Å². The van der Waals surface area contributed by atoms with E-state index >= 15 is 0 Å². The molecule has 1 aliphatic heterocycles. The second-order valence-corrected chi connectivity index (χ2v) is 2.01. The molecule has 0 fully saturated rings. The van der Waals surface area contributed by atoms with Gasteiger partial charge in [0.15, 0.2) is 0 Å². The molecule has 0 saturated heterocycles. The van der Waals surface area contributed by atoms with Crippen molar-refractivity contribution in [3.8, 4) is 0 Å². The van der Waals surface area contributed by atoms with Crippen LogP contribution in [0.3, 0.4) is 0 Å². The van der Waals surface area contributed by atoms with E-state index in [1.807, 2.05) is 0 Å². The molecule has 0 unspecified atom stereocenters. The molecule has 60 valence electrons. The first-order chi connectivity index (χ1) is 5.43. The predicted molar refractivity (Wildman–Crippen MR) is 43.9 cm³/mol. The number of nitrogens with one attached hydrogen (secondary N) is 2. The quantitative estimate of drug-likeness (QED) is 0.344. The SMILES string of the molecule is C=CCONC1=CNC=NC1. The van der Waals surface area contributed by atoms with E-state index in [1.165, 1.54) is 0 Å². The molecule has 0 saturated carbocycles. The lowest BCUT2D eigenvalue weighted by atomic mass is 10.4. The van der Waals surface area contributed by atoms with Crippen LogP contribution in [0, 0.1) is 0 Å². The summed E-state index contributed by atoms with van der Waals surface area (Å²) in [6.45, 7) is 4.63. The third-order valence-corrected chi connectivity index (χ3v) is 1.09. The standard InChI is InChI=1S/C7H11N3O/c1-2-3-11-10-7-4-8-6-9-5-7/h2,4,6,10H,1,3,5H2,(H,8,9). The van der Waals surface area contributed by atoms with E-state index in [4.69, 9.17) is 4.84 Å². The van der Waals surface area contributed by atoms with E-state index in [1.54, 1.807) is 18.6 Å². The number of hydrogen-bond acceptors (Lipinski definition) is 4. The van der Waals surface area contributed by atoms with Crippen LogP contribution in [0.1, 0.15) is 0 Å². The number of rotatable bonds is 4. The Morgan fingerprint density at radius 3 is 3.45 bits per heavy atom. The van der Waals surface area contributed by atoms with Crippen LogP contribution < -0.4 is 10.8 Å². The van der Waals surface area contributed by atoms with Gasteiger partial charge in [-0.2, -0.15) is 0 Å². The largest absolute Gasteiger partial charge is 0.351 e. The van der Waals surface area contributed by atoms with Gasteiger partial charge in [-0.1, -0.05) is 6.08 Å². The van der Waals surface area contributed by atoms with Gasteiger partial charge in [-0.05, 0) is 0 Å². The van der Waals surface area contributed by atoms with E-state index in [0.717, 1.165) is 5.70 Å². The Kier molecular flexibility index (Phi) is 3.21. The fourth-order valence-electron chi connectivity index (χ4n) is 0.635. The van der Waals surface area contributed by atoms with Crippen molar-refractivity contribution in [2.45, 2.75) is 0 Å². The second kappa shape index (κ2) is 4.51. The Bertz CT molecular complexity index is 186. The van der Waals surface area contributed by atoms with E-state index in [-0.39, 0.29) is 0 Å². The summed E-state index contributed by atoms with van der Waals surface area (Å²) in [5.74, 6) is 0.